The van der Waals surface area contributed by atoms with Crippen LogP contribution in [0.1, 0.15) is 26.3 Å². The Morgan fingerprint density at radius 2 is 1.91 bits per heavy atom. The molecule has 0 atom stereocenters. The molecule has 0 heterocycles. The fraction of sp³-hybridized carbons (Fsp3) is 0.167. The number of benzene rings is 2. The first-order chi connectivity index (χ1) is 11.0. The molecule has 23 heavy (non-hydrogen) atoms. The molecule has 1 amide bonds. The van der Waals surface area contributed by atoms with Gasteiger partial charge in [-0.05, 0) is 29.8 Å². The summed E-state index contributed by atoms with van der Waals surface area (Å²) in [4.78, 5) is 27.4. The maximum Gasteiger partial charge on any atom is 0.253 e. The van der Waals surface area contributed by atoms with Crippen molar-refractivity contribution in [3.8, 4) is 5.75 Å². The van der Waals surface area contributed by atoms with Crippen molar-refractivity contribution in [2.45, 2.75) is 6.61 Å². The lowest BCUT2D eigenvalue weighted by molar-refractivity contribution is 0.0827. The number of amides is 1. The lowest BCUT2D eigenvalue weighted by Gasteiger charge is -2.11. The first-order valence-corrected chi connectivity index (χ1v) is 6.95. The first-order valence-electron chi connectivity index (χ1n) is 6.95. The molecule has 0 spiro atoms. The van der Waals surface area contributed by atoms with Crippen LogP contribution in [-0.4, -0.2) is 31.2 Å². The summed E-state index contributed by atoms with van der Waals surface area (Å²) in [5.74, 6) is 0.372. The summed E-state index contributed by atoms with van der Waals surface area (Å²) in [6.07, 6.45) is 0.693. The smallest absolute Gasteiger partial charge is 0.253 e. The second-order valence-corrected chi connectivity index (χ2v) is 5.14. The zero-order valence-corrected chi connectivity index (χ0v) is 12.9. The van der Waals surface area contributed by atoms with E-state index in [2.05, 4.69) is 4.85 Å². The van der Waals surface area contributed by atoms with Gasteiger partial charge >= 0.3 is 0 Å². The molecule has 0 aliphatic carbocycles. The molecule has 116 valence electrons. The van der Waals surface area contributed by atoms with Crippen LogP contribution in [0, 0.1) is 6.57 Å². The maximum atomic E-state index is 11.8. The summed E-state index contributed by atoms with van der Waals surface area (Å²) in [5.41, 5.74) is 2.23. The summed E-state index contributed by atoms with van der Waals surface area (Å²) in [6, 6.07) is 11.8. The quantitative estimate of drug-likeness (QED) is 0.629. The average Bonchev–Trinajstić information content (AvgIpc) is 2.59. The van der Waals surface area contributed by atoms with E-state index in [1.54, 1.807) is 38.4 Å². The Morgan fingerprint density at radius 1 is 1.22 bits per heavy atom. The van der Waals surface area contributed by atoms with Gasteiger partial charge in [-0.3, -0.25) is 9.59 Å². The number of carbonyl (C=O) groups is 2. The molecule has 5 nitrogen and oxygen atoms in total. The van der Waals surface area contributed by atoms with E-state index in [0.717, 1.165) is 5.56 Å². The van der Waals surface area contributed by atoms with Gasteiger partial charge < -0.3 is 9.64 Å². The monoisotopic (exact) mass is 308 g/mol. The molecule has 2 aromatic carbocycles. The lowest BCUT2D eigenvalue weighted by atomic mass is 10.1. The van der Waals surface area contributed by atoms with E-state index in [1.807, 2.05) is 12.1 Å². The third kappa shape index (κ3) is 3.95. The third-order valence-corrected chi connectivity index (χ3v) is 3.24. The molecule has 0 unspecified atom stereocenters. The Morgan fingerprint density at radius 3 is 2.48 bits per heavy atom. The van der Waals surface area contributed by atoms with E-state index in [1.165, 1.54) is 11.0 Å². The van der Waals surface area contributed by atoms with Crippen LogP contribution in [0.15, 0.2) is 42.5 Å². The van der Waals surface area contributed by atoms with Gasteiger partial charge in [-0.2, -0.15) is 0 Å². The second kappa shape index (κ2) is 7.23. The molecule has 0 radical (unpaired) electrons. The van der Waals surface area contributed by atoms with Crippen molar-refractivity contribution in [3.63, 3.8) is 0 Å². The van der Waals surface area contributed by atoms with Gasteiger partial charge in [0.2, 0.25) is 5.69 Å². The Bertz CT molecular complexity index is 759. The predicted octanol–water partition coefficient (Wildman–Crippen LogP) is 3.33. The van der Waals surface area contributed by atoms with Gasteiger partial charge in [0.25, 0.3) is 5.91 Å². The predicted molar refractivity (Wildman–Crippen MR) is 86.9 cm³/mol. The van der Waals surface area contributed by atoms with Crippen molar-refractivity contribution in [3.05, 3.63) is 70.6 Å². The molecule has 0 aromatic heterocycles. The van der Waals surface area contributed by atoms with Crippen LogP contribution < -0.4 is 4.74 Å². The first kappa shape index (κ1) is 16.2. The topological polar surface area (TPSA) is 51.0 Å². The van der Waals surface area contributed by atoms with Crippen molar-refractivity contribution in [1.29, 1.82) is 0 Å². The number of hydrogen-bond acceptors (Lipinski definition) is 3. The molecule has 0 bridgehead atoms. The highest BCUT2D eigenvalue weighted by Gasteiger charge is 2.08. The molecule has 2 aromatic rings. The van der Waals surface area contributed by atoms with Crippen LogP contribution in [0.5, 0.6) is 5.75 Å². The van der Waals surface area contributed by atoms with Crippen LogP contribution in [-0.2, 0) is 6.61 Å². The van der Waals surface area contributed by atoms with Crippen molar-refractivity contribution in [1.82, 2.24) is 4.90 Å². The minimum atomic E-state index is -0.0581. The zero-order valence-electron chi connectivity index (χ0n) is 12.9. The van der Waals surface area contributed by atoms with Gasteiger partial charge in [0, 0.05) is 25.2 Å². The Kier molecular flexibility index (Phi) is 5.11. The van der Waals surface area contributed by atoms with E-state index >= 15 is 0 Å². The summed E-state index contributed by atoms with van der Waals surface area (Å²) in [7, 11) is 3.41. The summed E-state index contributed by atoms with van der Waals surface area (Å²) >= 11 is 0. The zero-order chi connectivity index (χ0) is 16.8. The molecule has 0 saturated heterocycles. The van der Waals surface area contributed by atoms with E-state index in [4.69, 9.17) is 11.3 Å². The molecular weight excluding hydrogens is 292 g/mol. The Balaban J connectivity index is 2.08. The van der Waals surface area contributed by atoms with Crippen molar-refractivity contribution < 1.29 is 14.3 Å². The number of ether oxygens (including phenoxy) is 1. The average molecular weight is 308 g/mol. The number of hydrogen-bond donors (Lipinski definition) is 0. The van der Waals surface area contributed by atoms with Crippen LogP contribution in [0.25, 0.3) is 4.85 Å². The van der Waals surface area contributed by atoms with Gasteiger partial charge in [0.05, 0.1) is 6.57 Å². The molecular formula is C18H16N2O3. The minimum Gasteiger partial charge on any atom is -0.500 e. The van der Waals surface area contributed by atoms with Crippen LogP contribution >= 0.6 is 0 Å². The fourth-order valence-corrected chi connectivity index (χ4v) is 1.98. The Hall–Kier alpha value is -3.13. The third-order valence-electron chi connectivity index (χ3n) is 3.24. The van der Waals surface area contributed by atoms with Gasteiger partial charge in [-0.25, -0.2) is 4.85 Å². The SMILES string of the molecule is [C-]#[N+]c1cc(C=O)ccc1OCc1ccc(C(=O)N(C)C)cc1. The van der Waals surface area contributed by atoms with E-state index in [9.17, 15) is 9.59 Å². The number of nitrogens with zero attached hydrogens (tertiary/aromatic N) is 2. The molecule has 2 rings (SSSR count). The molecule has 0 N–H and O–H groups in total. The van der Waals surface area contributed by atoms with Crippen LogP contribution in [0.3, 0.4) is 0 Å². The molecule has 0 aliphatic rings. The number of aldehydes is 1. The van der Waals surface area contributed by atoms with Crippen molar-refractivity contribution >= 4 is 17.9 Å². The van der Waals surface area contributed by atoms with E-state index in [-0.39, 0.29) is 12.5 Å². The summed E-state index contributed by atoms with van der Waals surface area (Å²) in [6.45, 7) is 7.42. The lowest BCUT2D eigenvalue weighted by Crippen LogP contribution is -2.21. The van der Waals surface area contributed by atoms with Crippen LogP contribution in [0.4, 0.5) is 5.69 Å². The summed E-state index contributed by atoms with van der Waals surface area (Å²) in [5, 5.41) is 0. The standard InChI is InChI=1S/C18H16N2O3/c1-19-16-10-14(11-21)6-9-17(16)23-12-13-4-7-15(8-5-13)18(22)20(2)3/h4-11H,12H2,2-3H3. The molecule has 0 fully saturated rings. The van der Waals surface area contributed by atoms with Crippen molar-refractivity contribution in [2.75, 3.05) is 14.1 Å². The highest BCUT2D eigenvalue weighted by Crippen LogP contribution is 2.29. The van der Waals surface area contributed by atoms with Gasteiger partial charge in [-0.1, -0.05) is 18.2 Å². The van der Waals surface area contributed by atoms with E-state index < -0.39 is 0 Å². The number of carbonyl (C=O) groups excluding carboxylic acids is 2. The molecule has 0 aliphatic heterocycles. The second-order valence-electron chi connectivity index (χ2n) is 5.14. The highest BCUT2D eigenvalue weighted by atomic mass is 16.5. The van der Waals surface area contributed by atoms with Gasteiger partial charge in [-0.15, -0.1) is 0 Å². The maximum absolute atomic E-state index is 11.8. The summed E-state index contributed by atoms with van der Waals surface area (Å²) < 4.78 is 5.64. The molecule has 5 heteroatoms. The highest BCUT2D eigenvalue weighted by molar-refractivity contribution is 5.93. The number of rotatable bonds is 5. The van der Waals surface area contributed by atoms with E-state index in [0.29, 0.717) is 28.8 Å². The Labute approximate surface area is 134 Å². The normalized spacial score (nSPS) is 9.78. The fourth-order valence-electron chi connectivity index (χ4n) is 1.98. The largest absolute Gasteiger partial charge is 0.500 e. The molecule has 0 saturated carbocycles. The van der Waals surface area contributed by atoms with Gasteiger partial charge in [0.1, 0.15) is 18.6 Å². The van der Waals surface area contributed by atoms with Gasteiger partial charge in [0.15, 0.2) is 0 Å². The van der Waals surface area contributed by atoms with Crippen molar-refractivity contribution in [2.24, 2.45) is 0 Å². The van der Waals surface area contributed by atoms with Crippen LogP contribution in [0.2, 0.25) is 0 Å². The minimum absolute atomic E-state index is 0.0581.